The van der Waals surface area contributed by atoms with E-state index < -0.39 is 6.04 Å². The number of methoxy groups -OCH3 is 1. The fraction of sp³-hybridized carbons (Fsp3) is 0.182. The van der Waals surface area contributed by atoms with Crippen molar-refractivity contribution >= 4 is 40.5 Å². The summed E-state index contributed by atoms with van der Waals surface area (Å²) in [4.78, 5) is 30.1. The molecule has 0 saturated carbocycles. The molecule has 5 rings (SSSR count). The zero-order chi connectivity index (χ0) is 28.8. The third kappa shape index (κ3) is 6.61. The van der Waals surface area contributed by atoms with Crippen molar-refractivity contribution in [1.29, 1.82) is 0 Å². The van der Waals surface area contributed by atoms with Crippen molar-refractivity contribution in [3.8, 4) is 5.75 Å². The molecule has 1 heterocycles. The highest BCUT2D eigenvalue weighted by atomic mass is 32.1. The first-order valence-electron chi connectivity index (χ1n) is 13.4. The van der Waals surface area contributed by atoms with Crippen molar-refractivity contribution in [3.05, 3.63) is 126 Å². The Labute approximate surface area is 244 Å². The van der Waals surface area contributed by atoms with E-state index in [1.165, 1.54) is 16.5 Å². The predicted octanol–water partition coefficient (Wildman–Crippen LogP) is 6.00. The molecule has 6 nitrogen and oxygen atoms in total. The molecular formula is C33H30FN3O3S. The third-order valence-corrected chi connectivity index (χ3v) is 7.51. The Morgan fingerprint density at radius 2 is 1.56 bits per heavy atom. The van der Waals surface area contributed by atoms with Gasteiger partial charge in [-0.05, 0) is 84.2 Å². The number of nitrogens with zero attached hydrogens (tertiary/aromatic N) is 2. The van der Waals surface area contributed by atoms with Gasteiger partial charge in [0.05, 0.1) is 19.2 Å². The summed E-state index contributed by atoms with van der Waals surface area (Å²) < 4.78 is 19.5. The Morgan fingerprint density at radius 3 is 2.24 bits per heavy atom. The molecule has 1 saturated heterocycles. The summed E-state index contributed by atoms with van der Waals surface area (Å²) in [6, 6.07) is 30.5. The Hall–Kier alpha value is -4.56. The van der Waals surface area contributed by atoms with Crippen molar-refractivity contribution < 1.29 is 18.7 Å². The molecule has 1 N–H and O–H groups in total. The van der Waals surface area contributed by atoms with Gasteiger partial charge < -0.3 is 15.0 Å². The smallest absolute Gasteiger partial charge is 0.256 e. The van der Waals surface area contributed by atoms with Crippen molar-refractivity contribution in [2.75, 3.05) is 23.9 Å². The first-order valence-corrected chi connectivity index (χ1v) is 13.8. The quantitative estimate of drug-likeness (QED) is 0.238. The molecule has 0 bridgehead atoms. The van der Waals surface area contributed by atoms with Gasteiger partial charge in [-0.2, -0.15) is 0 Å². The average Bonchev–Trinajstić information content (AvgIpc) is 3.22. The molecular weight excluding hydrogens is 537 g/mol. The molecule has 4 aromatic carbocycles. The molecule has 1 atom stereocenters. The van der Waals surface area contributed by atoms with Gasteiger partial charge in [0.1, 0.15) is 17.6 Å². The molecule has 0 aromatic heterocycles. The second kappa shape index (κ2) is 12.7. The fourth-order valence-electron chi connectivity index (χ4n) is 4.92. The monoisotopic (exact) mass is 567 g/mol. The topological polar surface area (TPSA) is 61.9 Å². The number of hydrogen-bond donors (Lipinski definition) is 1. The van der Waals surface area contributed by atoms with Crippen LogP contribution in [0.3, 0.4) is 0 Å². The lowest BCUT2D eigenvalue weighted by atomic mass is 10.0. The van der Waals surface area contributed by atoms with E-state index in [1.54, 1.807) is 54.5 Å². The third-order valence-electron chi connectivity index (χ3n) is 7.10. The van der Waals surface area contributed by atoms with Crippen LogP contribution >= 0.6 is 12.2 Å². The highest BCUT2D eigenvalue weighted by Gasteiger charge is 2.44. The van der Waals surface area contributed by atoms with E-state index in [9.17, 15) is 14.0 Å². The molecule has 0 aliphatic carbocycles. The van der Waals surface area contributed by atoms with Crippen LogP contribution in [0.25, 0.3) is 0 Å². The highest BCUT2D eigenvalue weighted by molar-refractivity contribution is 7.80. The van der Waals surface area contributed by atoms with E-state index in [-0.39, 0.29) is 30.6 Å². The molecule has 208 valence electrons. The summed E-state index contributed by atoms with van der Waals surface area (Å²) in [5, 5.41) is 3.14. The lowest BCUT2D eigenvalue weighted by molar-refractivity contribution is -0.124. The number of rotatable bonds is 10. The Bertz CT molecular complexity index is 1530. The number of carbonyl (C=O) groups excluding carboxylic acids is 2. The van der Waals surface area contributed by atoms with E-state index in [4.69, 9.17) is 17.0 Å². The van der Waals surface area contributed by atoms with Gasteiger partial charge >= 0.3 is 0 Å². The maximum Gasteiger partial charge on any atom is 0.256 e. The zero-order valence-corrected chi connectivity index (χ0v) is 23.4. The minimum atomic E-state index is -0.823. The first-order chi connectivity index (χ1) is 19.9. The Morgan fingerprint density at radius 1 is 0.902 bits per heavy atom. The van der Waals surface area contributed by atoms with E-state index in [1.807, 2.05) is 42.5 Å². The largest absolute Gasteiger partial charge is 0.497 e. The van der Waals surface area contributed by atoms with Crippen LogP contribution in [-0.4, -0.2) is 41.5 Å². The number of carbonyl (C=O) groups is 2. The number of anilines is 2. The number of thiocarbonyl (C=S) groups is 1. The summed E-state index contributed by atoms with van der Waals surface area (Å²) >= 11 is 5.79. The van der Waals surface area contributed by atoms with Crippen LogP contribution in [-0.2, 0) is 22.4 Å². The summed E-state index contributed by atoms with van der Waals surface area (Å²) in [6.45, 7) is 0.286. The molecule has 0 unspecified atom stereocenters. The number of hydrogen-bond acceptors (Lipinski definition) is 4. The van der Waals surface area contributed by atoms with Crippen LogP contribution in [0.15, 0.2) is 103 Å². The number of nitrogens with one attached hydrogen (secondary N) is 1. The van der Waals surface area contributed by atoms with Gasteiger partial charge in [-0.1, -0.05) is 60.7 Å². The second-order valence-electron chi connectivity index (χ2n) is 9.82. The van der Waals surface area contributed by atoms with E-state index >= 15 is 0 Å². The maximum atomic E-state index is 14.4. The van der Waals surface area contributed by atoms with Gasteiger partial charge in [-0.3, -0.25) is 14.5 Å². The minimum Gasteiger partial charge on any atom is -0.497 e. The van der Waals surface area contributed by atoms with Crippen LogP contribution in [0, 0.1) is 5.82 Å². The number of ether oxygens (including phenoxy) is 1. The van der Waals surface area contributed by atoms with Gasteiger partial charge in [0.15, 0.2) is 5.11 Å². The standard InChI is InChI=1S/C33H30FN3O3S/c1-40-28-17-13-26(14-18-28)35-31(38)22-30-32(39)37(33(41)36(30)20-19-25-9-5-6-10-29(25)34)27-15-11-24(12-16-27)21-23-7-3-2-4-8-23/h2-18,30H,19-22H2,1H3,(H,35,38)/t30-/m0/s1. The lowest BCUT2D eigenvalue weighted by Gasteiger charge is -2.24. The van der Waals surface area contributed by atoms with E-state index in [2.05, 4.69) is 17.4 Å². The number of amides is 2. The van der Waals surface area contributed by atoms with Crippen LogP contribution in [0.4, 0.5) is 15.8 Å². The average molecular weight is 568 g/mol. The SMILES string of the molecule is COc1ccc(NC(=O)C[C@H]2C(=O)N(c3ccc(Cc4ccccc4)cc3)C(=S)N2CCc2ccccc2F)cc1. The molecule has 0 spiro atoms. The van der Waals surface area contributed by atoms with Crippen LogP contribution in [0.1, 0.15) is 23.1 Å². The summed E-state index contributed by atoms with van der Waals surface area (Å²) in [5.74, 6) is -0.260. The predicted molar refractivity (Wildman–Crippen MR) is 163 cm³/mol. The maximum absolute atomic E-state index is 14.4. The molecule has 1 fully saturated rings. The zero-order valence-electron chi connectivity index (χ0n) is 22.6. The Kier molecular flexibility index (Phi) is 8.70. The molecule has 41 heavy (non-hydrogen) atoms. The van der Waals surface area contributed by atoms with Crippen molar-refractivity contribution in [2.24, 2.45) is 0 Å². The van der Waals surface area contributed by atoms with Gasteiger partial charge in [0, 0.05) is 12.2 Å². The van der Waals surface area contributed by atoms with Crippen LogP contribution in [0.2, 0.25) is 0 Å². The summed E-state index contributed by atoms with van der Waals surface area (Å²) in [7, 11) is 1.57. The molecule has 1 aliphatic rings. The van der Waals surface area contributed by atoms with Crippen molar-refractivity contribution in [1.82, 2.24) is 4.90 Å². The number of halogens is 1. The minimum absolute atomic E-state index is 0.106. The van der Waals surface area contributed by atoms with Gasteiger partial charge in [-0.25, -0.2) is 4.39 Å². The molecule has 0 radical (unpaired) electrons. The van der Waals surface area contributed by atoms with E-state index in [0.29, 0.717) is 34.2 Å². The Balaban J connectivity index is 1.35. The first kappa shape index (κ1) is 28.0. The van der Waals surface area contributed by atoms with Crippen molar-refractivity contribution in [3.63, 3.8) is 0 Å². The van der Waals surface area contributed by atoms with Crippen LogP contribution in [0.5, 0.6) is 5.75 Å². The molecule has 8 heteroatoms. The molecule has 4 aromatic rings. The van der Waals surface area contributed by atoms with Crippen LogP contribution < -0.4 is 15.0 Å². The van der Waals surface area contributed by atoms with Gasteiger partial charge in [0.25, 0.3) is 5.91 Å². The van der Waals surface area contributed by atoms with Gasteiger partial charge in [-0.15, -0.1) is 0 Å². The van der Waals surface area contributed by atoms with E-state index in [0.717, 1.165) is 12.0 Å². The molecule has 1 aliphatic heterocycles. The summed E-state index contributed by atoms with van der Waals surface area (Å²) in [5.41, 5.74) is 4.03. The normalized spacial score (nSPS) is 14.8. The van der Waals surface area contributed by atoms with Gasteiger partial charge in [0.2, 0.25) is 5.91 Å². The second-order valence-corrected chi connectivity index (χ2v) is 10.2. The highest BCUT2D eigenvalue weighted by Crippen LogP contribution is 2.29. The number of benzene rings is 4. The summed E-state index contributed by atoms with van der Waals surface area (Å²) in [6.07, 6.45) is 0.994. The van der Waals surface area contributed by atoms with Crippen molar-refractivity contribution in [2.45, 2.75) is 25.3 Å². The molecule has 2 amide bonds. The fourth-order valence-corrected chi connectivity index (χ4v) is 5.34. The lowest BCUT2D eigenvalue weighted by Crippen LogP contribution is -2.39.